The first kappa shape index (κ1) is 10.2. The second-order valence-electron chi connectivity index (χ2n) is 2.60. The summed E-state index contributed by atoms with van der Waals surface area (Å²) in [7, 11) is 0. The fourth-order valence-electron chi connectivity index (χ4n) is 0.919. The van der Waals surface area contributed by atoms with E-state index < -0.39 is 0 Å². The summed E-state index contributed by atoms with van der Waals surface area (Å²) >= 11 is 1.74. The molecule has 1 nitrogen and oxygen atoms in total. The molecular weight excluding hydrogens is 180 g/mol. The van der Waals surface area contributed by atoms with Gasteiger partial charge in [0, 0.05) is 17.1 Å². The molecule has 1 aromatic rings. The highest BCUT2D eigenvalue weighted by molar-refractivity contribution is 7.99. The smallest absolute Gasteiger partial charge is 0.0681 e. The van der Waals surface area contributed by atoms with Crippen LogP contribution in [0.2, 0.25) is 0 Å². The highest BCUT2D eigenvalue weighted by Gasteiger charge is 1.93. The van der Waals surface area contributed by atoms with Crippen LogP contribution in [0.25, 0.3) is 0 Å². The predicted molar refractivity (Wildman–Crippen MR) is 56.5 cm³/mol. The van der Waals surface area contributed by atoms with E-state index in [-0.39, 0.29) is 6.61 Å². The molecule has 1 aromatic carbocycles. The molecule has 0 aliphatic carbocycles. The van der Waals surface area contributed by atoms with Crippen LogP contribution in [0.1, 0.15) is 12.0 Å². The largest absolute Gasteiger partial charge is 0.392 e. The topological polar surface area (TPSA) is 20.2 Å². The summed E-state index contributed by atoms with van der Waals surface area (Å²) < 4.78 is 0. The van der Waals surface area contributed by atoms with E-state index >= 15 is 0 Å². The fourth-order valence-corrected chi connectivity index (χ4v) is 1.70. The van der Waals surface area contributed by atoms with Gasteiger partial charge in [0.2, 0.25) is 0 Å². The van der Waals surface area contributed by atoms with Gasteiger partial charge in [-0.05, 0) is 17.7 Å². The van der Waals surface area contributed by atoms with Crippen LogP contribution in [0.4, 0.5) is 0 Å². The Balaban J connectivity index is 2.45. The highest BCUT2D eigenvalue weighted by Crippen LogP contribution is 2.18. The van der Waals surface area contributed by atoms with Crippen LogP contribution in [-0.2, 0) is 6.61 Å². The fraction of sp³-hybridized carbons (Fsp3) is 0.273. The summed E-state index contributed by atoms with van der Waals surface area (Å²) in [5.74, 6) is 3.55. The molecule has 0 fully saturated rings. The first-order valence-corrected chi connectivity index (χ1v) is 5.11. The lowest BCUT2D eigenvalue weighted by Gasteiger charge is -2.00. The summed E-state index contributed by atoms with van der Waals surface area (Å²) in [5, 5.41) is 8.81. The average Bonchev–Trinajstić information content (AvgIpc) is 2.19. The van der Waals surface area contributed by atoms with Gasteiger partial charge in [0.15, 0.2) is 0 Å². The minimum atomic E-state index is 0.106. The van der Waals surface area contributed by atoms with E-state index in [9.17, 15) is 0 Å². The van der Waals surface area contributed by atoms with Gasteiger partial charge in [0.05, 0.1) is 6.61 Å². The van der Waals surface area contributed by atoms with Crippen molar-refractivity contribution in [3.63, 3.8) is 0 Å². The molecule has 0 amide bonds. The van der Waals surface area contributed by atoms with Gasteiger partial charge in [-0.1, -0.05) is 12.1 Å². The summed E-state index contributed by atoms with van der Waals surface area (Å²) in [6.45, 7) is 0.106. The molecule has 13 heavy (non-hydrogen) atoms. The standard InChI is InChI=1S/C11H12OS/c1-2-3-8-13-11-6-4-10(9-12)5-7-11/h1,4-7,12H,3,8-9H2. The van der Waals surface area contributed by atoms with Crippen molar-refractivity contribution >= 4 is 11.8 Å². The zero-order chi connectivity index (χ0) is 9.52. The van der Waals surface area contributed by atoms with Gasteiger partial charge < -0.3 is 5.11 Å². The van der Waals surface area contributed by atoms with E-state index in [1.807, 2.05) is 24.3 Å². The molecule has 2 heteroatoms. The Labute approximate surface area is 83.2 Å². The van der Waals surface area contributed by atoms with Gasteiger partial charge in [0.1, 0.15) is 0 Å². The van der Waals surface area contributed by atoms with Crippen molar-refractivity contribution in [2.75, 3.05) is 5.75 Å². The zero-order valence-electron chi connectivity index (χ0n) is 7.36. The van der Waals surface area contributed by atoms with Gasteiger partial charge in [-0.2, -0.15) is 0 Å². The van der Waals surface area contributed by atoms with Gasteiger partial charge in [-0.3, -0.25) is 0 Å². The first-order chi connectivity index (χ1) is 6.36. The Kier molecular flexibility index (Phi) is 4.45. The van der Waals surface area contributed by atoms with E-state index in [4.69, 9.17) is 11.5 Å². The normalized spacial score (nSPS) is 9.54. The van der Waals surface area contributed by atoms with Crippen molar-refractivity contribution in [3.8, 4) is 12.3 Å². The Morgan fingerprint density at radius 1 is 1.31 bits per heavy atom. The van der Waals surface area contributed by atoms with Crippen LogP contribution in [0.3, 0.4) is 0 Å². The maximum Gasteiger partial charge on any atom is 0.0681 e. The summed E-state index contributed by atoms with van der Waals surface area (Å²) in [6.07, 6.45) is 5.94. The number of hydrogen-bond donors (Lipinski definition) is 1. The minimum Gasteiger partial charge on any atom is -0.392 e. The SMILES string of the molecule is C#CCCSc1ccc(CO)cc1. The lowest BCUT2D eigenvalue weighted by atomic mass is 10.2. The first-order valence-electron chi connectivity index (χ1n) is 4.13. The number of benzene rings is 1. The molecule has 0 unspecified atom stereocenters. The second kappa shape index (κ2) is 5.69. The third-order valence-electron chi connectivity index (χ3n) is 1.62. The third kappa shape index (κ3) is 3.54. The Bertz CT molecular complexity index is 284. The summed E-state index contributed by atoms with van der Waals surface area (Å²) in [6, 6.07) is 7.87. The maximum absolute atomic E-state index is 8.81. The van der Waals surface area contributed by atoms with Crippen LogP contribution in [-0.4, -0.2) is 10.9 Å². The molecule has 68 valence electrons. The van der Waals surface area contributed by atoms with Crippen LogP contribution >= 0.6 is 11.8 Å². The molecule has 0 saturated carbocycles. The summed E-state index contributed by atoms with van der Waals surface area (Å²) in [5.41, 5.74) is 0.946. The number of terminal acetylenes is 1. The van der Waals surface area contributed by atoms with E-state index in [0.717, 1.165) is 17.7 Å². The minimum absolute atomic E-state index is 0.106. The lowest BCUT2D eigenvalue weighted by molar-refractivity contribution is 0.282. The van der Waals surface area contributed by atoms with Crippen molar-refractivity contribution in [2.45, 2.75) is 17.9 Å². The molecule has 0 bridgehead atoms. The molecule has 0 spiro atoms. The number of hydrogen-bond acceptors (Lipinski definition) is 2. The Morgan fingerprint density at radius 2 is 2.00 bits per heavy atom. The quantitative estimate of drug-likeness (QED) is 0.449. The second-order valence-corrected chi connectivity index (χ2v) is 3.77. The maximum atomic E-state index is 8.81. The van der Waals surface area contributed by atoms with E-state index in [0.29, 0.717) is 0 Å². The number of thioether (sulfide) groups is 1. The average molecular weight is 192 g/mol. The van der Waals surface area contributed by atoms with Crippen molar-refractivity contribution in [3.05, 3.63) is 29.8 Å². The van der Waals surface area contributed by atoms with Crippen molar-refractivity contribution in [2.24, 2.45) is 0 Å². The molecular formula is C11H12OS. The molecule has 0 radical (unpaired) electrons. The molecule has 1 N–H and O–H groups in total. The van der Waals surface area contributed by atoms with Gasteiger partial charge in [0.25, 0.3) is 0 Å². The molecule has 0 aliphatic rings. The third-order valence-corrected chi connectivity index (χ3v) is 2.63. The number of aliphatic hydroxyl groups is 1. The molecule has 0 heterocycles. The van der Waals surface area contributed by atoms with Gasteiger partial charge >= 0.3 is 0 Å². The van der Waals surface area contributed by atoms with E-state index in [1.54, 1.807) is 11.8 Å². The highest BCUT2D eigenvalue weighted by atomic mass is 32.2. The van der Waals surface area contributed by atoms with Crippen LogP contribution in [0.15, 0.2) is 29.2 Å². The summed E-state index contributed by atoms with van der Waals surface area (Å²) in [4.78, 5) is 1.20. The van der Waals surface area contributed by atoms with Crippen LogP contribution in [0.5, 0.6) is 0 Å². The zero-order valence-corrected chi connectivity index (χ0v) is 8.18. The van der Waals surface area contributed by atoms with Crippen LogP contribution in [0, 0.1) is 12.3 Å². The predicted octanol–water partition coefficient (Wildman–Crippen LogP) is 2.29. The van der Waals surface area contributed by atoms with Crippen molar-refractivity contribution in [1.29, 1.82) is 0 Å². The Morgan fingerprint density at radius 3 is 2.54 bits per heavy atom. The number of rotatable bonds is 4. The van der Waals surface area contributed by atoms with Gasteiger partial charge in [-0.15, -0.1) is 24.1 Å². The van der Waals surface area contributed by atoms with Gasteiger partial charge in [-0.25, -0.2) is 0 Å². The number of aliphatic hydroxyl groups excluding tert-OH is 1. The van der Waals surface area contributed by atoms with Crippen molar-refractivity contribution in [1.82, 2.24) is 0 Å². The monoisotopic (exact) mass is 192 g/mol. The van der Waals surface area contributed by atoms with Crippen LogP contribution < -0.4 is 0 Å². The lowest BCUT2D eigenvalue weighted by Crippen LogP contribution is -1.82. The van der Waals surface area contributed by atoms with E-state index in [2.05, 4.69) is 5.92 Å². The van der Waals surface area contributed by atoms with E-state index in [1.165, 1.54) is 4.90 Å². The Hall–Kier alpha value is -0.910. The molecule has 0 atom stereocenters. The molecule has 0 aliphatic heterocycles. The molecule has 0 saturated heterocycles. The van der Waals surface area contributed by atoms with Crippen molar-refractivity contribution < 1.29 is 5.11 Å². The molecule has 1 rings (SSSR count). The molecule has 0 aromatic heterocycles.